The molecule has 0 aliphatic heterocycles. The normalized spacial score (nSPS) is 12.1. The van der Waals surface area contributed by atoms with Gasteiger partial charge in [0.1, 0.15) is 17.1 Å². The summed E-state index contributed by atoms with van der Waals surface area (Å²) >= 11 is 0. The van der Waals surface area contributed by atoms with E-state index in [4.69, 9.17) is 4.42 Å². The third-order valence-corrected chi connectivity index (χ3v) is 3.28. The van der Waals surface area contributed by atoms with Crippen molar-refractivity contribution in [2.45, 2.75) is 20.8 Å². The number of benzene rings is 1. The Hall–Kier alpha value is -3.15. The maximum atomic E-state index is 12.1. The Balaban J connectivity index is 2.17. The van der Waals surface area contributed by atoms with Crippen LogP contribution in [0.5, 0.6) is 5.75 Å². The number of nitrogens with one attached hydrogen (secondary N) is 1. The number of nitrogens with zero attached hydrogens (tertiary/aromatic N) is 1. The Labute approximate surface area is 139 Å². The van der Waals surface area contributed by atoms with Crippen LogP contribution < -0.4 is 11.1 Å². The average molecular weight is 326 g/mol. The van der Waals surface area contributed by atoms with Crippen LogP contribution >= 0.6 is 0 Å². The number of hydrogen-bond acceptors (Lipinski definition) is 5. The molecule has 0 spiro atoms. The second kappa shape index (κ2) is 7.41. The molecule has 124 valence electrons. The van der Waals surface area contributed by atoms with Crippen LogP contribution in [0, 0.1) is 6.92 Å². The monoisotopic (exact) mass is 326 g/mol. The van der Waals surface area contributed by atoms with Gasteiger partial charge in [-0.2, -0.15) is 5.10 Å². The summed E-state index contributed by atoms with van der Waals surface area (Å²) in [5.74, 6) is -0.357. The van der Waals surface area contributed by atoms with Crippen molar-refractivity contribution in [3.05, 3.63) is 69.3 Å². The lowest BCUT2D eigenvalue weighted by Gasteiger charge is -2.05. The second-order valence-electron chi connectivity index (χ2n) is 5.28. The highest BCUT2D eigenvalue weighted by Gasteiger charge is 2.13. The van der Waals surface area contributed by atoms with Crippen molar-refractivity contribution in [1.82, 2.24) is 5.43 Å². The summed E-state index contributed by atoms with van der Waals surface area (Å²) in [6, 6.07) is 10.7. The highest BCUT2D eigenvalue weighted by Crippen LogP contribution is 2.15. The first kappa shape index (κ1) is 17.2. The first-order valence-electron chi connectivity index (χ1n) is 7.30. The topological polar surface area (TPSA) is 91.9 Å². The lowest BCUT2D eigenvalue weighted by Crippen LogP contribution is -2.22. The SMILES string of the molecule is CC(=Cc1ccccc1)C(=O)NN=C(C)c1c(O)cc(C)oc1=O. The van der Waals surface area contributed by atoms with Gasteiger partial charge in [-0.3, -0.25) is 4.79 Å². The number of aromatic hydroxyl groups is 1. The van der Waals surface area contributed by atoms with Crippen molar-refractivity contribution in [2.75, 3.05) is 0 Å². The molecule has 1 amide bonds. The minimum Gasteiger partial charge on any atom is -0.507 e. The number of carbonyl (C=O) groups is 1. The summed E-state index contributed by atoms with van der Waals surface area (Å²) < 4.78 is 4.92. The summed E-state index contributed by atoms with van der Waals surface area (Å²) in [7, 11) is 0. The predicted molar refractivity (Wildman–Crippen MR) is 91.8 cm³/mol. The number of amides is 1. The molecule has 1 heterocycles. The maximum absolute atomic E-state index is 12.1. The number of rotatable bonds is 4. The van der Waals surface area contributed by atoms with Crippen LogP contribution in [0.2, 0.25) is 0 Å². The Morgan fingerprint density at radius 1 is 1.25 bits per heavy atom. The molecule has 0 radical (unpaired) electrons. The molecule has 0 bridgehead atoms. The quantitative estimate of drug-likeness (QED) is 0.513. The van der Waals surface area contributed by atoms with Gasteiger partial charge in [0.2, 0.25) is 0 Å². The molecular formula is C18H18N2O4. The molecule has 2 N–H and O–H groups in total. The molecule has 0 aliphatic carbocycles. The molecule has 6 nitrogen and oxygen atoms in total. The van der Waals surface area contributed by atoms with Crippen molar-refractivity contribution < 1.29 is 14.3 Å². The maximum Gasteiger partial charge on any atom is 0.348 e. The van der Waals surface area contributed by atoms with Gasteiger partial charge in [0.15, 0.2) is 0 Å². The fourth-order valence-corrected chi connectivity index (χ4v) is 2.07. The number of hydrazone groups is 1. The van der Waals surface area contributed by atoms with E-state index in [2.05, 4.69) is 10.5 Å². The van der Waals surface area contributed by atoms with E-state index in [1.807, 2.05) is 30.3 Å². The molecule has 0 fully saturated rings. The van der Waals surface area contributed by atoms with Crippen molar-refractivity contribution in [2.24, 2.45) is 5.10 Å². The summed E-state index contributed by atoms with van der Waals surface area (Å²) in [6.07, 6.45) is 1.72. The van der Waals surface area contributed by atoms with Crippen LogP contribution in [0.1, 0.15) is 30.7 Å². The van der Waals surface area contributed by atoms with Crippen LogP contribution in [0.15, 0.2) is 56.3 Å². The Morgan fingerprint density at radius 3 is 2.54 bits per heavy atom. The Kier molecular flexibility index (Phi) is 5.31. The number of carbonyl (C=O) groups excluding carboxylic acids is 1. The van der Waals surface area contributed by atoms with Crippen LogP contribution in [0.4, 0.5) is 0 Å². The standard InChI is InChI=1S/C18H18N2O4/c1-11(9-14-7-5-4-6-8-14)17(22)20-19-13(3)16-15(21)10-12(2)24-18(16)23/h4-10,21H,1-3H3,(H,20,22). The molecule has 0 saturated carbocycles. The van der Waals surface area contributed by atoms with Crippen molar-refractivity contribution in [1.29, 1.82) is 0 Å². The van der Waals surface area contributed by atoms with Gasteiger partial charge < -0.3 is 9.52 Å². The van der Waals surface area contributed by atoms with E-state index in [0.29, 0.717) is 11.3 Å². The van der Waals surface area contributed by atoms with Gasteiger partial charge in [0.05, 0.1) is 5.71 Å². The lowest BCUT2D eigenvalue weighted by atomic mass is 10.1. The zero-order valence-electron chi connectivity index (χ0n) is 13.7. The zero-order chi connectivity index (χ0) is 17.7. The van der Waals surface area contributed by atoms with Gasteiger partial charge in [-0.15, -0.1) is 0 Å². The minimum absolute atomic E-state index is 0.0782. The molecule has 24 heavy (non-hydrogen) atoms. The molecule has 0 saturated heterocycles. The fourth-order valence-electron chi connectivity index (χ4n) is 2.07. The molecule has 0 aliphatic rings. The third kappa shape index (κ3) is 4.19. The number of hydrogen-bond donors (Lipinski definition) is 2. The molecular weight excluding hydrogens is 308 g/mol. The predicted octanol–water partition coefficient (Wildman–Crippen LogP) is 2.60. The molecule has 0 unspecified atom stereocenters. The van der Waals surface area contributed by atoms with E-state index in [0.717, 1.165) is 5.56 Å². The van der Waals surface area contributed by atoms with Crippen LogP contribution in [0.3, 0.4) is 0 Å². The van der Waals surface area contributed by atoms with Gasteiger partial charge in [-0.25, -0.2) is 10.2 Å². The molecule has 1 aromatic heterocycles. The van der Waals surface area contributed by atoms with E-state index in [1.54, 1.807) is 19.9 Å². The van der Waals surface area contributed by atoms with E-state index in [-0.39, 0.29) is 17.0 Å². The smallest absolute Gasteiger partial charge is 0.348 e. The van der Waals surface area contributed by atoms with E-state index < -0.39 is 11.5 Å². The summed E-state index contributed by atoms with van der Waals surface area (Å²) in [5.41, 5.74) is 3.07. The van der Waals surface area contributed by atoms with E-state index in [1.165, 1.54) is 13.0 Å². The summed E-state index contributed by atoms with van der Waals surface area (Å²) in [5, 5.41) is 13.7. The van der Waals surface area contributed by atoms with E-state index in [9.17, 15) is 14.7 Å². The highest BCUT2D eigenvalue weighted by atomic mass is 16.4. The van der Waals surface area contributed by atoms with Crippen molar-refractivity contribution in [3.63, 3.8) is 0 Å². The molecule has 2 rings (SSSR count). The Bertz CT molecular complexity index is 864. The van der Waals surface area contributed by atoms with Crippen molar-refractivity contribution >= 4 is 17.7 Å². The third-order valence-electron chi connectivity index (χ3n) is 3.28. The van der Waals surface area contributed by atoms with Crippen LogP contribution in [0.25, 0.3) is 6.08 Å². The average Bonchev–Trinajstić information content (AvgIpc) is 2.52. The molecule has 6 heteroatoms. The molecule has 0 atom stereocenters. The largest absolute Gasteiger partial charge is 0.507 e. The minimum atomic E-state index is -0.709. The molecule has 2 aromatic rings. The zero-order valence-corrected chi connectivity index (χ0v) is 13.7. The molecule has 1 aromatic carbocycles. The van der Waals surface area contributed by atoms with Crippen molar-refractivity contribution in [3.8, 4) is 5.75 Å². The second-order valence-corrected chi connectivity index (χ2v) is 5.28. The first-order valence-corrected chi connectivity index (χ1v) is 7.30. The lowest BCUT2D eigenvalue weighted by molar-refractivity contribution is -0.117. The summed E-state index contributed by atoms with van der Waals surface area (Å²) in [6.45, 7) is 4.71. The summed E-state index contributed by atoms with van der Waals surface area (Å²) in [4.78, 5) is 23.8. The first-order chi connectivity index (χ1) is 11.4. The van der Waals surface area contributed by atoms with Gasteiger partial charge in [-0.05, 0) is 32.4 Å². The van der Waals surface area contributed by atoms with Gasteiger partial charge in [0.25, 0.3) is 5.91 Å². The fraction of sp³-hybridized carbons (Fsp3) is 0.167. The van der Waals surface area contributed by atoms with Gasteiger partial charge in [-0.1, -0.05) is 30.3 Å². The van der Waals surface area contributed by atoms with Gasteiger partial charge in [0, 0.05) is 11.6 Å². The highest BCUT2D eigenvalue weighted by molar-refractivity contribution is 6.02. The van der Waals surface area contributed by atoms with E-state index >= 15 is 0 Å². The van der Waals surface area contributed by atoms with Crippen LogP contribution in [-0.2, 0) is 4.79 Å². The van der Waals surface area contributed by atoms with Gasteiger partial charge >= 0.3 is 5.63 Å². The van der Waals surface area contributed by atoms with Crippen LogP contribution in [-0.4, -0.2) is 16.7 Å². The Morgan fingerprint density at radius 2 is 1.92 bits per heavy atom. The number of aryl methyl sites for hydroxylation is 1.